The number of anilines is 1. The van der Waals surface area contributed by atoms with Crippen molar-refractivity contribution in [3.63, 3.8) is 0 Å². The first-order valence-corrected chi connectivity index (χ1v) is 10.3. The maximum atomic E-state index is 13.7. The number of hydrogen-bond acceptors (Lipinski definition) is 4. The maximum absolute atomic E-state index is 13.7. The van der Waals surface area contributed by atoms with E-state index in [0.29, 0.717) is 22.4 Å². The summed E-state index contributed by atoms with van der Waals surface area (Å²) in [5.74, 6) is 0.239. The highest BCUT2D eigenvalue weighted by Gasteiger charge is 2.44. The molecular formula is C26H22N2O3. The minimum Gasteiger partial charge on any atom is -0.450 e. The van der Waals surface area contributed by atoms with E-state index in [1.165, 1.54) is 0 Å². The number of aromatic nitrogens is 1. The number of nitrogens with zero attached hydrogens (tertiary/aromatic N) is 2. The molecule has 0 aliphatic carbocycles. The van der Waals surface area contributed by atoms with Crippen molar-refractivity contribution in [2.75, 3.05) is 4.90 Å². The van der Waals surface area contributed by atoms with Gasteiger partial charge in [0.1, 0.15) is 11.4 Å². The van der Waals surface area contributed by atoms with E-state index >= 15 is 0 Å². The first-order chi connectivity index (χ1) is 14.8. The zero-order valence-electron chi connectivity index (χ0n) is 17.9. The number of hydrogen-bond donors (Lipinski definition) is 0. The minimum atomic E-state index is -0.598. The lowest BCUT2D eigenvalue weighted by atomic mass is 9.97. The number of carbonyl (C=O) groups excluding carboxylic acids is 1. The Morgan fingerprint density at radius 1 is 0.903 bits per heavy atom. The van der Waals surface area contributed by atoms with Crippen LogP contribution in [0.2, 0.25) is 0 Å². The topological polar surface area (TPSA) is 63.4 Å². The zero-order valence-corrected chi connectivity index (χ0v) is 17.9. The number of carbonyl (C=O) groups is 1. The summed E-state index contributed by atoms with van der Waals surface area (Å²) in [6.45, 7) is 7.81. The Labute approximate surface area is 180 Å². The van der Waals surface area contributed by atoms with E-state index in [-0.39, 0.29) is 17.1 Å². The summed E-state index contributed by atoms with van der Waals surface area (Å²) < 4.78 is 6.07. The van der Waals surface area contributed by atoms with Crippen molar-refractivity contribution in [3.05, 3.63) is 104 Å². The molecule has 1 amide bonds. The molecule has 0 N–H and O–H groups in total. The lowest BCUT2D eigenvalue weighted by Gasteiger charge is -2.24. The van der Waals surface area contributed by atoms with E-state index < -0.39 is 6.04 Å². The lowest BCUT2D eigenvalue weighted by Crippen LogP contribution is -2.30. The van der Waals surface area contributed by atoms with Gasteiger partial charge in [0.25, 0.3) is 5.91 Å². The van der Waals surface area contributed by atoms with Gasteiger partial charge >= 0.3 is 0 Å². The molecule has 0 saturated heterocycles. The minimum absolute atomic E-state index is 0.0923. The third kappa shape index (κ3) is 2.96. The summed E-state index contributed by atoms with van der Waals surface area (Å²) in [6.07, 6.45) is 0. The predicted molar refractivity (Wildman–Crippen MR) is 121 cm³/mol. The van der Waals surface area contributed by atoms with E-state index in [4.69, 9.17) is 4.42 Å². The molecule has 1 aliphatic rings. The third-order valence-corrected chi connectivity index (χ3v) is 6.00. The van der Waals surface area contributed by atoms with Crippen LogP contribution in [-0.4, -0.2) is 10.9 Å². The van der Waals surface area contributed by atoms with Gasteiger partial charge in [-0.15, -0.1) is 0 Å². The number of amides is 1. The fourth-order valence-corrected chi connectivity index (χ4v) is 4.19. The Morgan fingerprint density at radius 2 is 1.61 bits per heavy atom. The van der Waals surface area contributed by atoms with Crippen molar-refractivity contribution in [2.24, 2.45) is 0 Å². The summed E-state index contributed by atoms with van der Waals surface area (Å²) in [5.41, 5.74) is 5.38. The summed E-state index contributed by atoms with van der Waals surface area (Å²) >= 11 is 0. The molecule has 4 aromatic rings. The van der Waals surface area contributed by atoms with Gasteiger partial charge in [-0.25, -0.2) is 4.98 Å². The molecule has 0 spiro atoms. The van der Waals surface area contributed by atoms with Crippen LogP contribution >= 0.6 is 0 Å². The average molecular weight is 410 g/mol. The highest BCUT2D eigenvalue weighted by molar-refractivity contribution is 6.10. The van der Waals surface area contributed by atoms with Crippen LogP contribution in [-0.2, 0) is 0 Å². The lowest BCUT2D eigenvalue weighted by molar-refractivity contribution is 0.0970. The summed E-state index contributed by atoms with van der Waals surface area (Å²) in [7, 11) is 0. The summed E-state index contributed by atoms with van der Waals surface area (Å²) in [5, 5.41) is 0.491. The van der Waals surface area contributed by atoms with Crippen LogP contribution in [0.25, 0.3) is 11.0 Å². The maximum Gasteiger partial charge on any atom is 0.296 e. The molecule has 154 valence electrons. The molecule has 2 aromatic heterocycles. The molecular weight excluding hydrogens is 388 g/mol. The SMILES string of the molecule is Cc1ccc([C@@H]2c3c(oc4cc(C)c(C)cc4c3=O)C(=O)N2c2cccc(C)n2)cc1. The first-order valence-electron chi connectivity index (χ1n) is 10.3. The highest BCUT2D eigenvalue weighted by Crippen LogP contribution is 2.40. The number of pyridine rings is 1. The van der Waals surface area contributed by atoms with Crippen LogP contribution in [0.4, 0.5) is 5.82 Å². The normalized spacial score (nSPS) is 15.5. The Balaban J connectivity index is 1.83. The Kier molecular flexibility index (Phi) is 4.29. The van der Waals surface area contributed by atoms with Gasteiger partial charge < -0.3 is 4.42 Å². The van der Waals surface area contributed by atoms with E-state index in [1.54, 1.807) is 11.0 Å². The molecule has 5 rings (SSSR count). The summed E-state index contributed by atoms with van der Waals surface area (Å²) in [4.78, 5) is 33.4. The van der Waals surface area contributed by atoms with Crippen molar-refractivity contribution in [2.45, 2.75) is 33.7 Å². The van der Waals surface area contributed by atoms with Crippen LogP contribution in [0.1, 0.15) is 50.1 Å². The van der Waals surface area contributed by atoms with Crippen molar-refractivity contribution in [3.8, 4) is 0 Å². The predicted octanol–water partition coefficient (Wildman–Crippen LogP) is 5.17. The second kappa shape index (κ2) is 6.91. The van der Waals surface area contributed by atoms with Crippen molar-refractivity contribution in [1.82, 2.24) is 4.98 Å². The second-order valence-electron chi connectivity index (χ2n) is 8.23. The number of rotatable bonds is 2. The molecule has 0 saturated carbocycles. The van der Waals surface area contributed by atoms with Gasteiger partial charge in [0, 0.05) is 5.69 Å². The quantitative estimate of drug-likeness (QED) is 0.457. The number of benzene rings is 2. The number of aryl methyl sites for hydroxylation is 4. The molecule has 0 bridgehead atoms. The molecule has 1 aliphatic heterocycles. The standard InChI is InChI=1S/C26H22N2O3/c1-14-8-10-18(11-9-14)23-22-24(29)19-12-15(2)16(3)13-20(19)31-25(22)26(30)28(23)21-7-5-6-17(4)27-21/h5-13,23H,1-4H3/t23-/m1/s1. The van der Waals surface area contributed by atoms with Crippen LogP contribution in [0.5, 0.6) is 0 Å². The van der Waals surface area contributed by atoms with Crippen LogP contribution in [0.15, 0.2) is 63.8 Å². The Morgan fingerprint density at radius 3 is 2.32 bits per heavy atom. The summed E-state index contributed by atoms with van der Waals surface area (Å²) in [6, 6.07) is 16.5. The van der Waals surface area contributed by atoms with Crippen LogP contribution < -0.4 is 10.3 Å². The highest BCUT2D eigenvalue weighted by atomic mass is 16.3. The third-order valence-electron chi connectivity index (χ3n) is 6.00. The molecule has 5 heteroatoms. The van der Waals surface area contributed by atoms with Crippen molar-refractivity contribution in [1.29, 1.82) is 0 Å². The molecule has 0 radical (unpaired) electrons. The second-order valence-corrected chi connectivity index (χ2v) is 8.23. The molecule has 0 unspecified atom stereocenters. The van der Waals surface area contributed by atoms with E-state index in [0.717, 1.165) is 27.9 Å². The van der Waals surface area contributed by atoms with Gasteiger partial charge in [0.05, 0.1) is 17.0 Å². The van der Waals surface area contributed by atoms with Crippen molar-refractivity contribution >= 4 is 22.7 Å². The monoisotopic (exact) mass is 410 g/mol. The molecule has 0 fully saturated rings. The van der Waals surface area contributed by atoms with Gasteiger partial charge in [0.15, 0.2) is 5.43 Å². The Bertz CT molecular complexity index is 1420. The van der Waals surface area contributed by atoms with Gasteiger partial charge in [-0.1, -0.05) is 35.9 Å². The van der Waals surface area contributed by atoms with Gasteiger partial charge in [-0.2, -0.15) is 0 Å². The van der Waals surface area contributed by atoms with E-state index in [2.05, 4.69) is 4.98 Å². The fourth-order valence-electron chi connectivity index (χ4n) is 4.19. The van der Waals surface area contributed by atoms with Gasteiger partial charge in [0.2, 0.25) is 5.76 Å². The van der Waals surface area contributed by atoms with E-state index in [9.17, 15) is 9.59 Å². The molecule has 2 aromatic carbocycles. The molecule has 31 heavy (non-hydrogen) atoms. The van der Waals surface area contributed by atoms with E-state index in [1.807, 2.05) is 76.2 Å². The van der Waals surface area contributed by atoms with Crippen LogP contribution in [0.3, 0.4) is 0 Å². The van der Waals surface area contributed by atoms with Gasteiger partial charge in [-0.3, -0.25) is 14.5 Å². The fraction of sp³-hybridized carbons (Fsp3) is 0.192. The van der Waals surface area contributed by atoms with Crippen molar-refractivity contribution < 1.29 is 9.21 Å². The molecule has 5 nitrogen and oxygen atoms in total. The van der Waals surface area contributed by atoms with Crippen LogP contribution in [0, 0.1) is 27.7 Å². The number of fused-ring (bicyclic) bond motifs is 2. The average Bonchev–Trinajstić information content (AvgIpc) is 3.03. The Hall–Kier alpha value is -3.73. The first kappa shape index (κ1) is 19.2. The largest absolute Gasteiger partial charge is 0.450 e. The van der Waals surface area contributed by atoms with Gasteiger partial charge in [-0.05, 0) is 68.7 Å². The smallest absolute Gasteiger partial charge is 0.296 e. The zero-order chi connectivity index (χ0) is 21.9. The molecule has 3 heterocycles. The molecule has 1 atom stereocenters.